The van der Waals surface area contributed by atoms with E-state index in [2.05, 4.69) is 31.2 Å². The summed E-state index contributed by atoms with van der Waals surface area (Å²) >= 11 is 9.27. The first-order valence-electron chi connectivity index (χ1n) is 5.36. The summed E-state index contributed by atoms with van der Waals surface area (Å²) in [6, 6.07) is 9.78. The number of anilines is 2. The molecule has 0 spiro atoms. The van der Waals surface area contributed by atoms with Crippen molar-refractivity contribution in [3.63, 3.8) is 0 Å². The van der Waals surface area contributed by atoms with Crippen LogP contribution < -0.4 is 11.1 Å². The van der Waals surface area contributed by atoms with Gasteiger partial charge in [0.1, 0.15) is 11.0 Å². The number of nitrogens with zero attached hydrogens (tertiary/aromatic N) is 2. The first kappa shape index (κ1) is 13.1. The molecule has 1 atom stereocenters. The Morgan fingerprint density at radius 1 is 1.33 bits per heavy atom. The van der Waals surface area contributed by atoms with E-state index >= 15 is 0 Å². The number of aromatic nitrogens is 2. The van der Waals surface area contributed by atoms with E-state index in [1.54, 1.807) is 6.07 Å². The van der Waals surface area contributed by atoms with Crippen LogP contribution in [0.3, 0.4) is 0 Å². The van der Waals surface area contributed by atoms with Crippen molar-refractivity contribution in [2.45, 2.75) is 13.0 Å². The minimum Gasteiger partial charge on any atom is -0.368 e. The smallest absolute Gasteiger partial charge is 0.223 e. The number of nitrogen functional groups attached to an aromatic ring is 1. The van der Waals surface area contributed by atoms with Gasteiger partial charge in [-0.2, -0.15) is 4.98 Å². The molecule has 18 heavy (non-hydrogen) atoms. The molecule has 0 saturated carbocycles. The highest BCUT2D eigenvalue weighted by atomic mass is 79.9. The Morgan fingerprint density at radius 3 is 2.78 bits per heavy atom. The molecule has 0 amide bonds. The third-order valence-corrected chi connectivity index (χ3v) is 3.11. The number of benzene rings is 1. The molecule has 6 heteroatoms. The Kier molecular flexibility index (Phi) is 4.04. The summed E-state index contributed by atoms with van der Waals surface area (Å²) in [5.41, 5.74) is 6.68. The minimum atomic E-state index is 0.0906. The van der Waals surface area contributed by atoms with Crippen molar-refractivity contribution in [1.82, 2.24) is 9.97 Å². The van der Waals surface area contributed by atoms with Crippen molar-refractivity contribution in [2.24, 2.45) is 0 Å². The van der Waals surface area contributed by atoms with Crippen molar-refractivity contribution in [2.75, 3.05) is 11.1 Å². The second-order valence-corrected chi connectivity index (χ2v) is 5.16. The van der Waals surface area contributed by atoms with Gasteiger partial charge in [0.05, 0.1) is 0 Å². The maximum absolute atomic E-state index is 5.83. The van der Waals surface area contributed by atoms with Crippen molar-refractivity contribution in [3.05, 3.63) is 45.5 Å². The van der Waals surface area contributed by atoms with Crippen LogP contribution in [0.5, 0.6) is 0 Å². The van der Waals surface area contributed by atoms with Crippen LogP contribution in [0.25, 0.3) is 0 Å². The summed E-state index contributed by atoms with van der Waals surface area (Å²) in [5, 5.41) is 3.56. The molecule has 1 heterocycles. The molecule has 0 aliphatic heterocycles. The topological polar surface area (TPSA) is 63.8 Å². The average molecular weight is 328 g/mol. The molecule has 4 nitrogen and oxygen atoms in total. The molecule has 1 unspecified atom stereocenters. The highest BCUT2D eigenvalue weighted by molar-refractivity contribution is 9.10. The van der Waals surface area contributed by atoms with Crippen molar-refractivity contribution in [1.29, 1.82) is 0 Å². The predicted molar refractivity (Wildman–Crippen MR) is 77.6 cm³/mol. The fraction of sp³-hybridized carbons (Fsp3) is 0.167. The van der Waals surface area contributed by atoms with Crippen LogP contribution in [0.1, 0.15) is 18.5 Å². The maximum atomic E-state index is 5.83. The molecule has 1 aromatic heterocycles. The van der Waals surface area contributed by atoms with Crippen molar-refractivity contribution in [3.8, 4) is 0 Å². The molecule has 0 aliphatic rings. The summed E-state index contributed by atoms with van der Waals surface area (Å²) < 4.78 is 1.04. The van der Waals surface area contributed by atoms with E-state index in [0.717, 1.165) is 10.0 Å². The lowest BCUT2D eigenvalue weighted by Crippen LogP contribution is -2.09. The summed E-state index contributed by atoms with van der Waals surface area (Å²) in [7, 11) is 0. The molecular weight excluding hydrogens is 316 g/mol. The first-order chi connectivity index (χ1) is 8.54. The molecule has 0 saturated heterocycles. The standard InChI is InChI=1S/C12H12BrClN4/c1-7(8-3-2-4-9(13)5-8)16-11-6-10(14)17-12(15)18-11/h2-7H,1H3,(H3,15,16,17,18). The number of hydrogen-bond acceptors (Lipinski definition) is 4. The van der Waals surface area contributed by atoms with Crippen LogP contribution in [-0.2, 0) is 0 Å². The quantitative estimate of drug-likeness (QED) is 0.845. The molecule has 1 aromatic carbocycles. The molecule has 94 valence electrons. The third-order valence-electron chi connectivity index (χ3n) is 2.43. The molecule has 0 fully saturated rings. The van der Waals surface area contributed by atoms with Crippen LogP contribution in [-0.4, -0.2) is 9.97 Å². The van der Waals surface area contributed by atoms with Gasteiger partial charge in [-0.15, -0.1) is 0 Å². The molecule has 2 aromatic rings. The van der Waals surface area contributed by atoms with Gasteiger partial charge in [0.15, 0.2) is 0 Å². The van der Waals surface area contributed by atoms with Gasteiger partial charge in [-0.05, 0) is 24.6 Å². The Labute approximate surface area is 119 Å². The molecule has 0 bridgehead atoms. The largest absolute Gasteiger partial charge is 0.368 e. The Morgan fingerprint density at radius 2 is 2.11 bits per heavy atom. The molecule has 0 aliphatic carbocycles. The molecule has 2 rings (SSSR count). The van der Waals surface area contributed by atoms with Gasteiger partial charge < -0.3 is 11.1 Å². The monoisotopic (exact) mass is 326 g/mol. The lowest BCUT2D eigenvalue weighted by atomic mass is 10.1. The van der Waals surface area contributed by atoms with Gasteiger partial charge in [-0.1, -0.05) is 39.7 Å². The summed E-state index contributed by atoms with van der Waals surface area (Å²) in [6.07, 6.45) is 0. The maximum Gasteiger partial charge on any atom is 0.223 e. The number of halogens is 2. The molecular formula is C12H12BrClN4. The third kappa shape index (κ3) is 3.34. The number of nitrogens with one attached hydrogen (secondary N) is 1. The summed E-state index contributed by atoms with van der Waals surface area (Å²) in [5.74, 6) is 0.770. The Balaban J connectivity index is 2.18. The second kappa shape index (κ2) is 5.54. The van der Waals surface area contributed by atoms with Gasteiger partial charge in [-0.3, -0.25) is 0 Å². The van der Waals surface area contributed by atoms with E-state index < -0.39 is 0 Å². The Bertz CT molecular complexity index is 541. The van der Waals surface area contributed by atoms with E-state index in [1.165, 1.54) is 0 Å². The lowest BCUT2D eigenvalue weighted by Gasteiger charge is -2.15. The SMILES string of the molecule is CC(Nc1cc(Cl)nc(N)n1)c1cccc(Br)c1. The van der Waals surface area contributed by atoms with Crippen LogP contribution >= 0.6 is 27.5 Å². The zero-order chi connectivity index (χ0) is 13.1. The normalized spacial score (nSPS) is 12.2. The fourth-order valence-electron chi connectivity index (χ4n) is 1.59. The van der Waals surface area contributed by atoms with Gasteiger partial charge in [0.25, 0.3) is 0 Å². The first-order valence-corrected chi connectivity index (χ1v) is 6.54. The van der Waals surface area contributed by atoms with Crippen LogP contribution in [0.2, 0.25) is 5.15 Å². The van der Waals surface area contributed by atoms with Gasteiger partial charge in [0, 0.05) is 16.6 Å². The predicted octanol–water partition coefficient (Wildman–Crippen LogP) is 3.65. The van der Waals surface area contributed by atoms with Crippen LogP contribution in [0, 0.1) is 0 Å². The highest BCUT2D eigenvalue weighted by Gasteiger charge is 2.08. The van der Waals surface area contributed by atoms with Gasteiger partial charge in [0.2, 0.25) is 5.95 Å². The van der Waals surface area contributed by atoms with E-state index in [0.29, 0.717) is 11.0 Å². The Hall–Kier alpha value is -1.33. The van der Waals surface area contributed by atoms with Gasteiger partial charge in [-0.25, -0.2) is 4.98 Å². The van der Waals surface area contributed by atoms with Crippen LogP contribution in [0.15, 0.2) is 34.8 Å². The molecule has 3 N–H and O–H groups in total. The van der Waals surface area contributed by atoms with E-state index in [1.807, 2.05) is 31.2 Å². The van der Waals surface area contributed by atoms with Gasteiger partial charge >= 0.3 is 0 Å². The zero-order valence-electron chi connectivity index (χ0n) is 9.69. The summed E-state index contributed by atoms with van der Waals surface area (Å²) in [6.45, 7) is 2.04. The number of nitrogens with two attached hydrogens (primary N) is 1. The number of rotatable bonds is 3. The number of hydrogen-bond donors (Lipinski definition) is 2. The van der Waals surface area contributed by atoms with E-state index in [4.69, 9.17) is 17.3 Å². The van der Waals surface area contributed by atoms with E-state index in [9.17, 15) is 0 Å². The second-order valence-electron chi connectivity index (χ2n) is 3.86. The summed E-state index contributed by atoms with van der Waals surface area (Å²) in [4.78, 5) is 7.89. The zero-order valence-corrected chi connectivity index (χ0v) is 12.0. The molecule has 0 radical (unpaired) electrons. The van der Waals surface area contributed by atoms with Crippen molar-refractivity contribution < 1.29 is 0 Å². The average Bonchev–Trinajstić information content (AvgIpc) is 2.27. The van der Waals surface area contributed by atoms with E-state index in [-0.39, 0.29) is 12.0 Å². The van der Waals surface area contributed by atoms with Crippen LogP contribution in [0.4, 0.5) is 11.8 Å². The lowest BCUT2D eigenvalue weighted by molar-refractivity contribution is 0.872. The van der Waals surface area contributed by atoms with Crippen molar-refractivity contribution >= 4 is 39.3 Å². The fourth-order valence-corrected chi connectivity index (χ4v) is 2.20. The highest BCUT2D eigenvalue weighted by Crippen LogP contribution is 2.22. The minimum absolute atomic E-state index is 0.0906.